The highest BCUT2D eigenvalue weighted by molar-refractivity contribution is 5.89. The van der Waals surface area contributed by atoms with Crippen LogP contribution < -0.4 is 5.32 Å². The van der Waals surface area contributed by atoms with Crippen molar-refractivity contribution in [2.45, 2.75) is 18.8 Å². The minimum Gasteiger partial charge on any atom is -0.356 e. The molecule has 0 aliphatic carbocycles. The summed E-state index contributed by atoms with van der Waals surface area (Å²) in [6, 6.07) is 5.99. The van der Waals surface area contributed by atoms with Crippen molar-refractivity contribution in [2.24, 2.45) is 0 Å². The quantitative estimate of drug-likeness (QED) is 0.774. The lowest BCUT2D eigenvalue weighted by molar-refractivity contribution is 0.193. The molecule has 0 atom stereocenters. The highest BCUT2D eigenvalue weighted by Gasteiger charge is 2.27. The SMILES string of the molecule is O=C(Nc1ccnnc1)N1CCC(c2noc3cc(F)ccc23)CC1. The van der Waals surface area contributed by atoms with E-state index in [4.69, 9.17) is 4.52 Å². The summed E-state index contributed by atoms with van der Waals surface area (Å²) in [4.78, 5) is 14.1. The second kappa shape index (κ2) is 6.46. The minimum atomic E-state index is -0.340. The molecular formula is C17H16FN5O2. The molecule has 1 N–H and O–H groups in total. The maximum Gasteiger partial charge on any atom is 0.321 e. The van der Waals surface area contributed by atoms with Gasteiger partial charge in [-0.15, -0.1) is 0 Å². The molecule has 0 saturated carbocycles. The standard InChI is InChI=1S/C17H16FN5O2/c18-12-1-2-14-15(9-12)25-22-16(14)11-4-7-23(8-5-11)17(24)21-13-3-6-19-20-10-13/h1-3,6,9-11H,4-5,7-8H2,(H,19,21,24). The predicted octanol–water partition coefficient (Wildman–Crippen LogP) is 3.17. The molecule has 0 unspecified atom stereocenters. The molecule has 1 saturated heterocycles. The molecule has 128 valence electrons. The van der Waals surface area contributed by atoms with Crippen LogP contribution in [-0.4, -0.2) is 39.4 Å². The number of aromatic nitrogens is 3. The van der Waals surface area contributed by atoms with Crippen molar-refractivity contribution in [2.75, 3.05) is 18.4 Å². The van der Waals surface area contributed by atoms with E-state index in [1.54, 1.807) is 17.0 Å². The number of hydrogen-bond donors (Lipinski definition) is 1. The van der Waals surface area contributed by atoms with Crippen LogP contribution in [0.4, 0.5) is 14.9 Å². The summed E-state index contributed by atoms with van der Waals surface area (Å²) in [5.41, 5.74) is 1.92. The van der Waals surface area contributed by atoms with Crippen LogP contribution in [0.2, 0.25) is 0 Å². The molecule has 3 aromatic rings. The Morgan fingerprint density at radius 1 is 1.24 bits per heavy atom. The fraction of sp³-hybridized carbons (Fsp3) is 0.294. The lowest BCUT2D eigenvalue weighted by atomic mass is 9.92. The van der Waals surface area contributed by atoms with E-state index in [2.05, 4.69) is 20.7 Å². The third-order valence-corrected chi connectivity index (χ3v) is 4.47. The van der Waals surface area contributed by atoms with Crippen molar-refractivity contribution in [3.8, 4) is 0 Å². The lowest BCUT2D eigenvalue weighted by Crippen LogP contribution is -2.40. The smallest absolute Gasteiger partial charge is 0.321 e. The Kier molecular flexibility index (Phi) is 4.01. The number of nitrogens with zero attached hydrogens (tertiary/aromatic N) is 4. The van der Waals surface area contributed by atoms with Gasteiger partial charge in [0.15, 0.2) is 5.58 Å². The monoisotopic (exact) mass is 341 g/mol. The number of fused-ring (bicyclic) bond motifs is 1. The largest absolute Gasteiger partial charge is 0.356 e. The lowest BCUT2D eigenvalue weighted by Gasteiger charge is -2.31. The van der Waals surface area contributed by atoms with Gasteiger partial charge in [-0.25, -0.2) is 9.18 Å². The maximum absolute atomic E-state index is 13.3. The zero-order valence-electron chi connectivity index (χ0n) is 13.4. The molecule has 7 nitrogen and oxygen atoms in total. The molecule has 0 bridgehead atoms. The van der Waals surface area contributed by atoms with Crippen LogP contribution in [0.5, 0.6) is 0 Å². The van der Waals surface area contributed by atoms with Gasteiger partial charge in [0, 0.05) is 30.5 Å². The van der Waals surface area contributed by atoms with Crippen LogP contribution in [0.25, 0.3) is 11.0 Å². The summed E-state index contributed by atoms with van der Waals surface area (Å²) >= 11 is 0. The first-order valence-electron chi connectivity index (χ1n) is 8.08. The van der Waals surface area contributed by atoms with Gasteiger partial charge in [0.1, 0.15) is 5.82 Å². The highest BCUT2D eigenvalue weighted by atomic mass is 19.1. The Morgan fingerprint density at radius 2 is 2.08 bits per heavy atom. The number of carbonyl (C=O) groups excluding carboxylic acids is 1. The van der Waals surface area contributed by atoms with Gasteiger partial charge in [-0.05, 0) is 31.0 Å². The Labute approximate surface area is 142 Å². The molecule has 2 amide bonds. The van der Waals surface area contributed by atoms with Crippen LogP contribution in [0.15, 0.2) is 41.2 Å². The van der Waals surface area contributed by atoms with Crippen molar-refractivity contribution in [3.05, 3.63) is 48.2 Å². The highest BCUT2D eigenvalue weighted by Crippen LogP contribution is 2.32. The number of carbonyl (C=O) groups is 1. The van der Waals surface area contributed by atoms with E-state index >= 15 is 0 Å². The first-order chi connectivity index (χ1) is 12.2. The molecule has 1 fully saturated rings. The van der Waals surface area contributed by atoms with E-state index in [1.807, 2.05) is 0 Å². The second-order valence-corrected chi connectivity index (χ2v) is 6.03. The number of amides is 2. The van der Waals surface area contributed by atoms with Crippen molar-refractivity contribution in [1.29, 1.82) is 0 Å². The summed E-state index contributed by atoms with van der Waals surface area (Å²) in [6.45, 7) is 1.23. The summed E-state index contributed by atoms with van der Waals surface area (Å²) in [6.07, 6.45) is 4.59. The second-order valence-electron chi connectivity index (χ2n) is 6.03. The number of piperidine rings is 1. The van der Waals surface area contributed by atoms with E-state index in [-0.39, 0.29) is 17.8 Å². The Balaban J connectivity index is 1.41. The topological polar surface area (TPSA) is 84.2 Å². The first kappa shape index (κ1) is 15.5. The van der Waals surface area contributed by atoms with Crippen LogP contribution in [-0.2, 0) is 0 Å². The van der Waals surface area contributed by atoms with Crippen molar-refractivity contribution >= 4 is 22.7 Å². The summed E-state index contributed by atoms with van der Waals surface area (Å²) in [5, 5.41) is 15.2. The molecule has 0 radical (unpaired) electrons. The van der Waals surface area contributed by atoms with Crippen molar-refractivity contribution in [3.63, 3.8) is 0 Å². The fourth-order valence-electron chi connectivity index (χ4n) is 3.15. The molecule has 4 rings (SSSR count). The Bertz CT molecular complexity index is 890. The molecule has 1 aromatic carbocycles. The number of likely N-dealkylation sites (tertiary alicyclic amines) is 1. The molecule has 1 aliphatic rings. The average molecular weight is 341 g/mol. The van der Waals surface area contributed by atoms with Gasteiger partial charge < -0.3 is 14.7 Å². The van der Waals surface area contributed by atoms with E-state index in [0.717, 1.165) is 23.9 Å². The summed E-state index contributed by atoms with van der Waals surface area (Å²) in [7, 11) is 0. The van der Waals surface area contributed by atoms with Crippen LogP contribution in [0.1, 0.15) is 24.5 Å². The number of halogens is 1. The fourth-order valence-corrected chi connectivity index (χ4v) is 3.15. The number of rotatable bonds is 2. The number of anilines is 1. The van der Waals surface area contributed by atoms with Crippen molar-refractivity contribution < 1.29 is 13.7 Å². The number of hydrogen-bond acceptors (Lipinski definition) is 5. The van der Waals surface area contributed by atoms with E-state index in [0.29, 0.717) is 24.4 Å². The summed E-state index contributed by atoms with van der Waals surface area (Å²) < 4.78 is 18.5. The van der Waals surface area contributed by atoms with E-state index in [9.17, 15) is 9.18 Å². The van der Waals surface area contributed by atoms with Crippen LogP contribution in [0.3, 0.4) is 0 Å². The number of urea groups is 1. The number of benzene rings is 1. The maximum atomic E-state index is 13.3. The molecule has 8 heteroatoms. The third kappa shape index (κ3) is 3.15. The zero-order valence-corrected chi connectivity index (χ0v) is 13.4. The van der Waals surface area contributed by atoms with Crippen LogP contribution in [0, 0.1) is 5.82 Å². The summed E-state index contributed by atoms with van der Waals surface area (Å²) in [5.74, 6) is -0.148. The van der Waals surface area contributed by atoms with E-state index < -0.39 is 0 Å². The zero-order chi connectivity index (χ0) is 17.2. The average Bonchev–Trinajstić information content (AvgIpc) is 3.05. The van der Waals surface area contributed by atoms with Gasteiger partial charge in [0.25, 0.3) is 0 Å². The first-order valence-corrected chi connectivity index (χ1v) is 8.08. The Hall–Kier alpha value is -3.03. The Morgan fingerprint density at radius 3 is 2.84 bits per heavy atom. The molecule has 1 aliphatic heterocycles. The van der Waals surface area contributed by atoms with Gasteiger partial charge in [-0.1, -0.05) is 5.16 Å². The third-order valence-electron chi connectivity index (χ3n) is 4.47. The normalized spacial score (nSPS) is 15.5. The van der Waals surface area contributed by atoms with Gasteiger partial charge in [-0.3, -0.25) is 0 Å². The predicted molar refractivity (Wildman–Crippen MR) is 88.6 cm³/mol. The number of nitrogens with one attached hydrogen (secondary N) is 1. The van der Waals surface area contributed by atoms with Gasteiger partial charge >= 0.3 is 6.03 Å². The molecular weight excluding hydrogens is 325 g/mol. The molecule has 3 heterocycles. The van der Waals surface area contributed by atoms with E-state index in [1.165, 1.54) is 24.5 Å². The van der Waals surface area contributed by atoms with Gasteiger partial charge in [0.2, 0.25) is 0 Å². The minimum absolute atomic E-state index is 0.154. The molecule has 25 heavy (non-hydrogen) atoms. The molecule has 0 spiro atoms. The molecule has 2 aromatic heterocycles. The van der Waals surface area contributed by atoms with Gasteiger partial charge in [0.05, 0.1) is 23.8 Å². The van der Waals surface area contributed by atoms with Gasteiger partial charge in [-0.2, -0.15) is 10.2 Å². The van der Waals surface area contributed by atoms with Crippen LogP contribution >= 0.6 is 0 Å². The van der Waals surface area contributed by atoms with Crippen molar-refractivity contribution in [1.82, 2.24) is 20.3 Å².